The van der Waals surface area contributed by atoms with E-state index in [-0.39, 0.29) is 5.88 Å². The van der Waals surface area contributed by atoms with Crippen molar-refractivity contribution >= 4 is 0 Å². The molecule has 0 amide bonds. The third-order valence-electron chi connectivity index (χ3n) is 5.20. The molecule has 8 heteroatoms. The van der Waals surface area contributed by atoms with E-state index in [1.54, 1.807) is 7.11 Å². The van der Waals surface area contributed by atoms with Crippen molar-refractivity contribution in [1.29, 1.82) is 5.26 Å². The maximum absolute atomic E-state index is 9.94. The minimum atomic E-state index is -0.501. The predicted octanol–water partition coefficient (Wildman–Crippen LogP) is 4.10. The number of nitriles is 1. The van der Waals surface area contributed by atoms with Crippen LogP contribution in [0.4, 0.5) is 0 Å². The number of aromatic nitrogens is 2. The topological polar surface area (TPSA) is 115 Å². The Morgan fingerprint density at radius 1 is 1.12 bits per heavy atom. The van der Waals surface area contributed by atoms with E-state index >= 15 is 0 Å². The Morgan fingerprint density at radius 2 is 1.91 bits per heavy atom. The highest BCUT2D eigenvalue weighted by atomic mass is 16.5. The van der Waals surface area contributed by atoms with E-state index in [2.05, 4.69) is 16.3 Å². The molecule has 3 aromatic rings. The Morgan fingerprint density at radius 3 is 2.62 bits per heavy atom. The van der Waals surface area contributed by atoms with Crippen LogP contribution in [-0.2, 0) is 0 Å². The van der Waals surface area contributed by atoms with Gasteiger partial charge in [-0.1, -0.05) is 18.2 Å². The lowest BCUT2D eigenvalue weighted by Crippen LogP contribution is -2.21. The van der Waals surface area contributed by atoms with Gasteiger partial charge in [-0.05, 0) is 43.7 Å². The highest BCUT2D eigenvalue weighted by molar-refractivity contribution is 5.72. The van der Waals surface area contributed by atoms with Crippen molar-refractivity contribution in [2.45, 2.75) is 19.8 Å². The number of methoxy groups -OCH3 is 1. The molecule has 2 heterocycles. The molecule has 164 valence electrons. The fourth-order valence-electron chi connectivity index (χ4n) is 3.82. The van der Waals surface area contributed by atoms with Crippen LogP contribution in [-0.4, -0.2) is 30.5 Å². The molecule has 0 aliphatic carbocycles. The van der Waals surface area contributed by atoms with Crippen molar-refractivity contribution in [1.82, 2.24) is 10.2 Å². The number of nitrogens with two attached hydrogens (primary N) is 1. The Bertz CT molecular complexity index is 1210. The summed E-state index contributed by atoms with van der Waals surface area (Å²) in [6.07, 6.45) is 0. The minimum Gasteiger partial charge on any atom is -0.497 e. The number of ether oxygens (including phenoxy) is 4. The molecule has 0 bridgehead atoms. The van der Waals surface area contributed by atoms with Gasteiger partial charge in [0.2, 0.25) is 11.8 Å². The molecular formula is C24H24N4O4. The maximum atomic E-state index is 9.94. The van der Waals surface area contributed by atoms with Crippen molar-refractivity contribution in [3.05, 3.63) is 65.0 Å². The van der Waals surface area contributed by atoms with Gasteiger partial charge in [0.25, 0.3) is 0 Å². The lowest BCUT2D eigenvalue weighted by atomic mass is 9.83. The number of fused-ring (bicyclic) bond motifs is 1. The molecular weight excluding hydrogens is 408 g/mol. The van der Waals surface area contributed by atoms with Crippen LogP contribution in [0.3, 0.4) is 0 Å². The van der Waals surface area contributed by atoms with E-state index in [1.165, 1.54) is 0 Å². The standard InChI is InChI=1S/C24H24N4O4/c1-4-30-18-10-9-14(12-19(18)31-5-2)20-17(13-25)23(26)32-24-21(20)22(27-28-24)15-7-6-8-16(11-15)29-3/h6-12,20H,4-5,26H2,1-3H3,(H,27,28). The smallest absolute Gasteiger partial charge is 0.244 e. The summed E-state index contributed by atoms with van der Waals surface area (Å²) in [6.45, 7) is 4.81. The predicted molar refractivity (Wildman–Crippen MR) is 119 cm³/mol. The van der Waals surface area contributed by atoms with E-state index in [0.29, 0.717) is 41.9 Å². The maximum Gasteiger partial charge on any atom is 0.244 e. The van der Waals surface area contributed by atoms with Crippen molar-refractivity contribution in [3.63, 3.8) is 0 Å². The number of allylic oxidation sites excluding steroid dienone is 1. The lowest BCUT2D eigenvalue weighted by molar-refractivity contribution is 0.287. The van der Waals surface area contributed by atoms with Crippen molar-refractivity contribution in [2.75, 3.05) is 20.3 Å². The van der Waals surface area contributed by atoms with Crippen LogP contribution in [0, 0.1) is 11.3 Å². The van der Waals surface area contributed by atoms with Gasteiger partial charge in [-0.3, -0.25) is 5.10 Å². The van der Waals surface area contributed by atoms with Crippen molar-refractivity contribution in [2.24, 2.45) is 5.73 Å². The molecule has 0 radical (unpaired) electrons. The molecule has 0 fully saturated rings. The number of H-pyrrole nitrogens is 1. The van der Waals surface area contributed by atoms with Crippen LogP contribution >= 0.6 is 0 Å². The Kier molecular flexibility index (Phi) is 5.90. The molecule has 3 N–H and O–H groups in total. The summed E-state index contributed by atoms with van der Waals surface area (Å²) in [7, 11) is 1.61. The van der Waals surface area contributed by atoms with Crippen LogP contribution in [0.1, 0.15) is 30.9 Å². The zero-order valence-electron chi connectivity index (χ0n) is 18.1. The van der Waals surface area contributed by atoms with E-state index in [4.69, 9.17) is 24.7 Å². The summed E-state index contributed by atoms with van der Waals surface area (Å²) >= 11 is 0. The lowest BCUT2D eigenvalue weighted by Gasteiger charge is -2.25. The molecule has 8 nitrogen and oxygen atoms in total. The second kappa shape index (κ2) is 8.94. The average Bonchev–Trinajstić information content (AvgIpc) is 3.23. The van der Waals surface area contributed by atoms with Gasteiger partial charge in [0.05, 0.1) is 37.5 Å². The Hall–Kier alpha value is -4.12. The Labute approximate surface area is 186 Å². The van der Waals surface area contributed by atoms with E-state index < -0.39 is 5.92 Å². The normalized spacial score (nSPS) is 14.9. The molecule has 0 saturated heterocycles. The van der Waals surface area contributed by atoms with Crippen LogP contribution in [0.25, 0.3) is 11.3 Å². The van der Waals surface area contributed by atoms with Crippen LogP contribution < -0.4 is 24.7 Å². The largest absolute Gasteiger partial charge is 0.497 e. The van der Waals surface area contributed by atoms with Gasteiger partial charge in [-0.15, -0.1) is 5.10 Å². The number of benzene rings is 2. The van der Waals surface area contributed by atoms with Crippen molar-refractivity contribution < 1.29 is 18.9 Å². The SMILES string of the molecule is CCOc1ccc(C2C(C#N)=C(N)Oc3n[nH]c(-c4cccc(OC)c4)c32)cc1OCC. The second-order valence-corrected chi connectivity index (χ2v) is 7.05. The zero-order valence-corrected chi connectivity index (χ0v) is 18.1. The number of nitrogens with one attached hydrogen (secondary N) is 1. The van der Waals surface area contributed by atoms with Gasteiger partial charge in [0.1, 0.15) is 17.4 Å². The third-order valence-corrected chi connectivity index (χ3v) is 5.20. The first-order chi connectivity index (χ1) is 15.6. The van der Waals surface area contributed by atoms with Gasteiger partial charge >= 0.3 is 0 Å². The molecule has 1 aliphatic heterocycles. The van der Waals surface area contributed by atoms with E-state index in [0.717, 1.165) is 22.4 Å². The van der Waals surface area contributed by atoms with Gasteiger partial charge in [-0.25, -0.2) is 0 Å². The van der Waals surface area contributed by atoms with Crippen LogP contribution in [0.2, 0.25) is 0 Å². The summed E-state index contributed by atoms with van der Waals surface area (Å²) in [5.74, 6) is 1.80. The average molecular weight is 432 g/mol. The Balaban J connectivity index is 1.90. The number of hydrogen-bond acceptors (Lipinski definition) is 7. The second-order valence-electron chi connectivity index (χ2n) is 7.05. The highest BCUT2D eigenvalue weighted by Crippen LogP contribution is 2.47. The highest BCUT2D eigenvalue weighted by Gasteiger charge is 2.36. The van der Waals surface area contributed by atoms with Gasteiger partial charge in [-0.2, -0.15) is 5.26 Å². The molecule has 4 rings (SSSR count). The fourth-order valence-corrected chi connectivity index (χ4v) is 3.82. The van der Waals surface area contributed by atoms with Crippen LogP contribution in [0.15, 0.2) is 53.9 Å². The molecule has 1 unspecified atom stereocenters. The first-order valence-corrected chi connectivity index (χ1v) is 10.3. The third kappa shape index (κ3) is 3.69. The zero-order chi connectivity index (χ0) is 22.7. The van der Waals surface area contributed by atoms with E-state index in [9.17, 15) is 5.26 Å². The first-order valence-electron chi connectivity index (χ1n) is 10.3. The quantitative estimate of drug-likeness (QED) is 0.577. The number of hydrogen-bond donors (Lipinski definition) is 2. The fraction of sp³-hybridized carbons (Fsp3) is 0.250. The molecule has 1 aliphatic rings. The molecule has 1 aromatic heterocycles. The van der Waals surface area contributed by atoms with Crippen molar-refractivity contribution in [3.8, 4) is 40.5 Å². The summed E-state index contributed by atoms with van der Waals surface area (Å²) in [4.78, 5) is 0. The van der Waals surface area contributed by atoms with Gasteiger partial charge < -0.3 is 24.7 Å². The molecule has 2 aromatic carbocycles. The number of nitrogens with zero attached hydrogens (tertiary/aromatic N) is 2. The molecule has 0 spiro atoms. The minimum absolute atomic E-state index is 0.0283. The monoisotopic (exact) mass is 432 g/mol. The number of aromatic amines is 1. The summed E-state index contributed by atoms with van der Waals surface area (Å²) in [5, 5.41) is 17.3. The van der Waals surface area contributed by atoms with Crippen LogP contribution in [0.5, 0.6) is 23.1 Å². The van der Waals surface area contributed by atoms with Gasteiger partial charge in [0.15, 0.2) is 11.5 Å². The van der Waals surface area contributed by atoms with E-state index in [1.807, 2.05) is 56.3 Å². The summed E-state index contributed by atoms with van der Waals surface area (Å²) < 4.78 is 22.6. The molecule has 32 heavy (non-hydrogen) atoms. The first kappa shape index (κ1) is 21.1. The molecule has 1 atom stereocenters. The summed E-state index contributed by atoms with van der Waals surface area (Å²) in [5.41, 5.74) is 9.50. The number of rotatable bonds is 7. The molecule has 0 saturated carbocycles. The summed E-state index contributed by atoms with van der Waals surface area (Å²) in [6, 6.07) is 15.4. The van der Waals surface area contributed by atoms with Gasteiger partial charge in [0, 0.05) is 5.56 Å².